The van der Waals surface area contributed by atoms with Crippen LogP contribution in [0.15, 0.2) is 71.6 Å². The summed E-state index contributed by atoms with van der Waals surface area (Å²) in [4.78, 5) is 17.0. The third-order valence-electron chi connectivity index (χ3n) is 4.54. The van der Waals surface area contributed by atoms with Crippen LogP contribution < -0.4 is 10.1 Å². The molecule has 0 radical (unpaired) electrons. The monoisotopic (exact) mass is 454 g/mol. The summed E-state index contributed by atoms with van der Waals surface area (Å²) in [7, 11) is -2.34. The molecule has 0 aliphatic rings. The lowest BCUT2D eigenvalue weighted by Crippen LogP contribution is -2.23. The second kappa shape index (κ2) is 8.37. The predicted molar refractivity (Wildman–Crippen MR) is 120 cm³/mol. The minimum atomic E-state index is -3.82. The molecule has 0 atom stereocenters. The highest BCUT2D eigenvalue weighted by atomic mass is 32.2. The first-order valence-corrected chi connectivity index (χ1v) is 11.7. The molecule has 2 N–H and O–H groups in total. The van der Waals surface area contributed by atoms with Crippen molar-refractivity contribution in [3.05, 3.63) is 66.7 Å². The van der Waals surface area contributed by atoms with Crippen LogP contribution in [0.2, 0.25) is 0 Å². The topological polar surface area (TPSA) is 106 Å². The Balaban J connectivity index is 1.53. The Hall–Kier alpha value is -3.43. The lowest BCUT2D eigenvalue weighted by atomic mass is 10.2. The van der Waals surface area contributed by atoms with Crippen LogP contribution >= 0.6 is 11.3 Å². The van der Waals surface area contributed by atoms with Crippen LogP contribution in [0.1, 0.15) is 0 Å². The van der Waals surface area contributed by atoms with Crippen LogP contribution in [0.4, 0.5) is 5.69 Å². The number of benzene rings is 3. The summed E-state index contributed by atoms with van der Waals surface area (Å²) in [6, 6.07) is 18.0. The van der Waals surface area contributed by atoms with E-state index in [9.17, 15) is 18.3 Å². The minimum Gasteiger partial charge on any atom is -0.507 e. The molecule has 7 nitrogen and oxygen atoms in total. The SMILES string of the molecule is COc1ccc(S(=O)(=O)CC(=O)Nc2ccc(O)c(-c3nc4ccccc4s3)c2)cc1. The van der Waals surface area contributed by atoms with Gasteiger partial charge in [-0.05, 0) is 54.6 Å². The van der Waals surface area contributed by atoms with E-state index in [0.717, 1.165) is 10.2 Å². The lowest BCUT2D eigenvalue weighted by Gasteiger charge is -2.09. The van der Waals surface area contributed by atoms with Crippen LogP contribution in [0.5, 0.6) is 11.5 Å². The van der Waals surface area contributed by atoms with Crippen LogP contribution in [0.3, 0.4) is 0 Å². The molecule has 0 aliphatic carbocycles. The highest BCUT2D eigenvalue weighted by Gasteiger charge is 2.20. The molecule has 1 heterocycles. The van der Waals surface area contributed by atoms with Gasteiger partial charge in [-0.3, -0.25) is 4.79 Å². The molecule has 4 aromatic rings. The lowest BCUT2D eigenvalue weighted by molar-refractivity contribution is -0.113. The van der Waals surface area contributed by atoms with Crippen molar-refractivity contribution in [1.82, 2.24) is 4.98 Å². The molecule has 0 unspecified atom stereocenters. The number of amides is 1. The van der Waals surface area contributed by atoms with E-state index in [2.05, 4.69) is 10.3 Å². The first-order valence-electron chi connectivity index (χ1n) is 9.21. The number of hydrogen-bond acceptors (Lipinski definition) is 7. The molecule has 3 aromatic carbocycles. The van der Waals surface area contributed by atoms with E-state index < -0.39 is 21.5 Å². The summed E-state index contributed by atoms with van der Waals surface area (Å²) in [5.41, 5.74) is 1.63. The zero-order valence-corrected chi connectivity index (χ0v) is 18.0. The summed E-state index contributed by atoms with van der Waals surface area (Å²) in [5, 5.41) is 13.5. The number of aromatic hydroxyl groups is 1. The number of carbonyl (C=O) groups excluding carboxylic acids is 1. The van der Waals surface area contributed by atoms with E-state index in [4.69, 9.17) is 4.74 Å². The Kier molecular flexibility index (Phi) is 5.62. The second-order valence-corrected chi connectivity index (χ2v) is 9.72. The first kappa shape index (κ1) is 20.8. The van der Waals surface area contributed by atoms with Crippen LogP contribution in [-0.4, -0.2) is 37.3 Å². The number of carbonyl (C=O) groups is 1. The molecule has 1 aromatic heterocycles. The smallest absolute Gasteiger partial charge is 0.239 e. The zero-order chi connectivity index (χ0) is 22.0. The van der Waals surface area contributed by atoms with Gasteiger partial charge in [-0.15, -0.1) is 11.3 Å². The number of fused-ring (bicyclic) bond motifs is 1. The summed E-state index contributed by atoms with van der Waals surface area (Å²) in [6.07, 6.45) is 0. The number of para-hydroxylation sites is 1. The van der Waals surface area contributed by atoms with Crippen molar-refractivity contribution in [1.29, 1.82) is 0 Å². The van der Waals surface area contributed by atoms with Gasteiger partial charge in [0.2, 0.25) is 5.91 Å². The van der Waals surface area contributed by atoms with Crippen molar-refractivity contribution in [2.24, 2.45) is 0 Å². The molecule has 0 spiro atoms. The van der Waals surface area contributed by atoms with Gasteiger partial charge in [-0.1, -0.05) is 12.1 Å². The molecule has 31 heavy (non-hydrogen) atoms. The standard InChI is InChI=1S/C22H18N2O5S2/c1-29-15-7-9-16(10-8-15)31(27,28)13-21(26)23-14-6-11-19(25)17(12-14)22-24-18-4-2-3-5-20(18)30-22/h2-12,25H,13H2,1H3,(H,23,26). The van der Waals surface area contributed by atoms with Gasteiger partial charge in [0.15, 0.2) is 9.84 Å². The number of methoxy groups -OCH3 is 1. The fourth-order valence-electron chi connectivity index (χ4n) is 3.01. The maximum Gasteiger partial charge on any atom is 0.239 e. The van der Waals surface area contributed by atoms with Crippen molar-refractivity contribution in [2.45, 2.75) is 4.90 Å². The van der Waals surface area contributed by atoms with E-state index in [-0.39, 0.29) is 10.6 Å². The molecule has 4 rings (SSSR count). The van der Waals surface area contributed by atoms with Gasteiger partial charge in [0, 0.05) is 5.69 Å². The zero-order valence-electron chi connectivity index (χ0n) is 16.4. The van der Waals surface area contributed by atoms with E-state index in [1.807, 2.05) is 24.3 Å². The fraction of sp³-hybridized carbons (Fsp3) is 0.0909. The second-order valence-electron chi connectivity index (χ2n) is 6.70. The quantitative estimate of drug-likeness (QED) is 0.425. The molecular formula is C22H18N2O5S2. The highest BCUT2D eigenvalue weighted by Crippen LogP contribution is 2.36. The summed E-state index contributed by atoms with van der Waals surface area (Å²) in [5.74, 6) is -0.856. The average Bonchev–Trinajstić information content (AvgIpc) is 3.18. The molecule has 0 bridgehead atoms. The summed E-state index contributed by atoms with van der Waals surface area (Å²) < 4.78 is 31.0. The molecule has 158 valence electrons. The number of aromatic nitrogens is 1. The number of anilines is 1. The van der Waals surface area contributed by atoms with Gasteiger partial charge in [0.05, 0.1) is 27.8 Å². The predicted octanol–water partition coefficient (Wildman–Crippen LogP) is 4.09. The number of phenols is 1. The first-order chi connectivity index (χ1) is 14.9. The highest BCUT2D eigenvalue weighted by molar-refractivity contribution is 7.92. The Labute approximate surface area is 182 Å². The van der Waals surface area contributed by atoms with Gasteiger partial charge in [-0.25, -0.2) is 13.4 Å². The minimum absolute atomic E-state index is 0.0166. The maximum atomic E-state index is 12.5. The number of ether oxygens (including phenoxy) is 1. The molecule has 9 heteroatoms. The van der Waals surface area contributed by atoms with Crippen LogP contribution in [-0.2, 0) is 14.6 Å². The number of hydrogen-bond donors (Lipinski definition) is 2. The third kappa shape index (κ3) is 4.52. The van der Waals surface area contributed by atoms with Crippen molar-refractivity contribution in [3.8, 4) is 22.1 Å². The average molecular weight is 455 g/mol. The van der Waals surface area contributed by atoms with Crippen LogP contribution in [0, 0.1) is 0 Å². The number of nitrogens with zero attached hydrogens (tertiary/aromatic N) is 1. The van der Waals surface area contributed by atoms with Gasteiger partial charge < -0.3 is 15.2 Å². The Morgan fingerprint density at radius 3 is 2.55 bits per heavy atom. The van der Waals surface area contributed by atoms with Gasteiger partial charge >= 0.3 is 0 Å². The molecule has 1 amide bonds. The van der Waals surface area contributed by atoms with Gasteiger partial charge in [0.1, 0.15) is 22.3 Å². The molecule has 0 saturated heterocycles. The van der Waals surface area contributed by atoms with E-state index >= 15 is 0 Å². The number of sulfone groups is 1. The molecule has 0 fully saturated rings. The molecular weight excluding hydrogens is 436 g/mol. The summed E-state index contributed by atoms with van der Waals surface area (Å²) >= 11 is 1.41. The van der Waals surface area contributed by atoms with Crippen molar-refractivity contribution >= 4 is 43.0 Å². The number of thiazole rings is 1. The Bertz CT molecular complexity index is 1330. The van der Waals surface area contributed by atoms with E-state index in [1.165, 1.54) is 54.8 Å². The largest absolute Gasteiger partial charge is 0.507 e. The normalized spacial score (nSPS) is 11.4. The van der Waals surface area contributed by atoms with Crippen LogP contribution in [0.25, 0.3) is 20.8 Å². The number of rotatable bonds is 6. The Morgan fingerprint density at radius 1 is 1.10 bits per heavy atom. The van der Waals surface area contributed by atoms with Crippen molar-refractivity contribution in [2.75, 3.05) is 18.2 Å². The Morgan fingerprint density at radius 2 is 1.84 bits per heavy atom. The summed E-state index contributed by atoms with van der Waals surface area (Å²) in [6.45, 7) is 0. The van der Waals surface area contributed by atoms with E-state index in [0.29, 0.717) is 22.0 Å². The number of phenolic OH excluding ortho intramolecular Hbond substituents is 1. The van der Waals surface area contributed by atoms with Crippen molar-refractivity contribution in [3.63, 3.8) is 0 Å². The molecule has 0 aliphatic heterocycles. The maximum absolute atomic E-state index is 12.5. The third-order valence-corrected chi connectivity index (χ3v) is 7.25. The van der Waals surface area contributed by atoms with Gasteiger partial charge in [0.25, 0.3) is 0 Å². The van der Waals surface area contributed by atoms with Crippen molar-refractivity contribution < 1.29 is 23.1 Å². The number of nitrogens with one attached hydrogen (secondary N) is 1. The van der Waals surface area contributed by atoms with E-state index in [1.54, 1.807) is 6.07 Å². The fourth-order valence-corrected chi connectivity index (χ4v) is 5.13. The molecule has 0 saturated carbocycles. The van der Waals surface area contributed by atoms with Gasteiger partial charge in [-0.2, -0.15) is 0 Å².